The Kier molecular flexibility index (Phi) is 5.69. The molecule has 0 unspecified atom stereocenters. The molecule has 0 heterocycles. The van der Waals surface area contributed by atoms with Crippen LogP contribution in [0.4, 0.5) is 0 Å². The molecule has 0 aromatic heterocycles. The van der Waals surface area contributed by atoms with Gasteiger partial charge in [-0.25, -0.2) is 4.79 Å². The van der Waals surface area contributed by atoms with Crippen molar-refractivity contribution in [2.45, 2.75) is 6.92 Å². The van der Waals surface area contributed by atoms with Crippen LogP contribution < -0.4 is 0 Å². The van der Waals surface area contributed by atoms with Gasteiger partial charge in [-0.1, -0.05) is 6.58 Å². The molecule has 0 amide bonds. The smallest absolute Gasteiger partial charge is 0.333 e. The molecular formula is C8H15O5P. The van der Waals surface area contributed by atoms with E-state index in [4.69, 9.17) is 4.74 Å². The molecular weight excluding hydrogens is 207 g/mol. The molecule has 0 radical (unpaired) electrons. The maximum atomic E-state index is 11.4. The number of hydrogen-bond acceptors (Lipinski definition) is 5. The Morgan fingerprint density at radius 2 is 1.86 bits per heavy atom. The zero-order valence-corrected chi connectivity index (χ0v) is 9.50. The molecule has 82 valence electrons. The highest BCUT2D eigenvalue weighted by molar-refractivity contribution is 7.53. The lowest BCUT2D eigenvalue weighted by molar-refractivity contribution is -0.138. The van der Waals surface area contributed by atoms with Crippen LogP contribution in [0.15, 0.2) is 12.2 Å². The first kappa shape index (κ1) is 13.4. The Bertz CT molecular complexity index is 252. The summed E-state index contributed by atoms with van der Waals surface area (Å²) < 4.78 is 25.5. The molecule has 0 aromatic rings. The van der Waals surface area contributed by atoms with E-state index in [1.807, 2.05) is 0 Å². The lowest BCUT2D eigenvalue weighted by Gasteiger charge is -2.13. The minimum absolute atomic E-state index is 0.00927. The summed E-state index contributed by atoms with van der Waals surface area (Å²) in [5, 5.41) is 0. The van der Waals surface area contributed by atoms with Crippen LogP contribution >= 0.6 is 7.60 Å². The van der Waals surface area contributed by atoms with E-state index in [2.05, 4.69) is 15.6 Å². The second-order valence-corrected chi connectivity index (χ2v) is 5.02. The van der Waals surface area contributed by atoms with E-state index < -0.39 is 13.6 Å². The molecule has 0 aliphatic carbocycles. The predicted molar refractivity (Wildman–Crippen MR) is 52.3 cm³/mol. The third-order valence-corrected chi connectivity index (χ3v) is 3.35. The van der Waals surface area contributed by atoms with E-state index >= 15 is 0 Å². The van der Waals surface area contributed by atoms with Gasteiger partial charge in [-0.2, -0.15) is 0 Å². The number of carbonyl (C=O) groups excluding carboxylic acids is 1. The molecule has 0 saturated heterocycles. The topological polar surface area (TPSA) is 61.8 Å². The highest BCUT2D eigenvalue weighted by atomic mass is 31.2. The maximum absolute atomic E-state index is 11.4. The number of rotatable bonds is 6. The molecule has 0 aliphatic heterocycles. The molecule has 0 saturated carbocycles. The number of ether oxygens (including phenoxy) is 1. The van der Waals surface area contributed by atoms with Gasteiger partial charge in [0.1, 0.15) is 6.61 Å². The Labute approximate surface area is 83.6 Å². The van der Waals surface area contributed by atoms with Crippen LogP contribution in [-0.4, -0.2) is 33.0 Å². The Morgan fingerprint density at radius 1 is 1.36 bits per heavy atom. The summed E-state index contributed by atoms with van der Waals surface area (Å²) in [7, 11) is -0.509. The van der Waals surface area contributed by atoms with Crippen molar-refractivity contribution in [1.82, 2.24) is 0 Å². The number of carbonyl (C=O) groups is 1. The van der Waals surface area contributed by atoms with Crippen LogP contribution in [0.3, 0.4) is 0 Å². The molecule has 0 fully saturated rings. The summed E-state index contributed by atoms with van der Waals surface area (Å²) in [6.07, 6.45) is 0.0407. The lowest BCUT2D eigenvalue weighted by atomic mass is 10.4. The van der Waals surface area contributed by atoms with Crippen molar-refractivity contribution in [3.63, 3.8) is 0 Å². The minimum Gasteiger partial charge on any atom is -0.462 e. The molecule has 0 spiro atoms. The molecule has 6 heteroatoms. The molecule has 0 bridgehead atoms. The van der Waals surface area contributed by atoms with E-state index in [-0.39, 0.29) is 12.8 Å². The van der Waals surface area contributed by atoms with Gasteiger partial charge in [0, 0.05) is 19.8 Å². The highest BCUT2D eigenvalue weighted by Crippen LogP contribution is 2.45. The van der Waals surface area contributed by atoms with E-state index in [9.17, 15) is 9.36 Å². The van der Waals surface area contributed by atoms with E-state index in [0.717, 1.165) is 0 Å². The second-order valence-electron chi connectivity index (χ2n) is 2.62. The summed E-state index contributed by atoms with van der Waals surface area (Å²) in [6, 6.07) is 0. The molecule has 14 heavy (non-hydrogen) atoms. The largest absolute Gasteiger partial charge is 0.462 e. The van der Waals surface area contributed by atoms with Crippen molar-refractivity contribution < 1.29 is 23.1 Å². The highest BCUT2D eigenvalue weighted by Gasteiger charge is 2.21. The van der Waals surface area contributed by atoms with Gasteiger partial charge in [-0.05, 0) is 6.92 Å². The Hall–Kier alpha value is -0.640. The first-order valence-corrected chi connectivity index (χ1v) is 5.71. The summed E-state index contributed by atoms with van der Waals surface area (Å²) in [4.78, 5) is 10.9. The standard InChI is InChI=1S/C8H15O5P/c1-7(2)8(9)13-5-6-14(10,11-3)12-4/h1,5-6H2,2-4H3. The summed E-state index contributed by atoms with van der Waals surface area (Å²) in [5.41, 5.74) is 0.301. The van der Waals surface area contributed by atoms with Gasteiger partial charge in [-0.15, -0.1) is 0 Å². The van der Waals surface area contributed by atoms with Crippen LogP contribution in [0.1, 0.15) is 6.92 Å². The molecule has 0 aromatic carbocycles. The van der Waals surface area contributed by atoms with E-state index in [1.54, 1.807) is 0 Å². The Morgan fingerprint density at radius 3 is 2.21 bits per heavy atom. The zero-order chi connectivity index (χ0) is 11.2. The monoisotopic (exact) mass is 222 g/mol. The third-order valence-electron chi connectivity index (χ3n) is 1.50. The zero-order valence-electron chi connectivity index (χ0n) is 8.61. The van der Waals surface area contributed by atoms with Gasteiger partial charge in [0.2, 0.25) is 0 Å². The molecule has 0 rings (SSSR count). The fourth-order valence-corrected chi connectivity index (χ4v) is 1.46. The maximum Gasteiger partial charge on any atom is 0.333 e. The molecule has 0 atom stereocenters. The van der Waals surface area contributed by atoms with Crippen LogP contribution in [0.2, 0.25) is 0 Å². The van der Waals surface area contributed by atoms with Crippen LogP contribution in [0.5, 0.6) is 0 Å². The lowest BCUT2D eigenvalue weighted by Crippen LogP contribution is -2.10. The van der Waals surface area contributed by atoms with Gasteiger partial charge in [0.25, 0.3) is 0 Å². The summed E-state index contributed by atoms with van der Waals surface area (Å²) in [5.74, 6) is -0.510. The Balaban J connectivity index is 3.90. The van der Waals surface area contributed by atoms with Crippen LogP contribution in [-0.2, 0) is 23.1 Å². The summed E-state index contributed by atoms with van der Waals surface area (Å²) in [6.45, 7) is 4.93. The fourth-order valence-electron chi connectivity index (χ4n) is 0.630. The fraction of sp³-hybridized carbons (Fsp3) is 0.625. The third kappa shape index (κ3) is 4.56. The van der Waals surface area contributed by atoms with Gasteiger partial charge in [0.05, 0.1) is 6.16 Å². The predicted octanol–water partition coefficient (Wildman–Crippen LogP) is 1.59. The molecule has 0 N–H and O–H groups in total. The van der Waals surface area contributed by atoms with Crippen molar-refractivity contribution in [3.8, 4) is 0 Å². The first-order valence-electron chi connectivity index (χ1n) is 3.98. The minimum atomic E-state index is -3.07. The quantitative estimate of drug-likeness (QED) is 0.388. The van der Waals surface area contributed by atoms with Crippen LogP contribution in [0.25, 0.3) is 0 Å². The van der Waals surface area contributed by atoms with Crippen LogP contribution in [0, 0.1) is 0 Å². The van der Waals surface area contributed by atoms with Gasteiger partial charge in [-0.3, -0.25) is 4.57 Å². The normalized spacial score (nSPS) is 11.1. The van der Waals surface area contributed by atoms with E-state index in [1.165, 1.54) is 21.1 Å². The van der Waals surface area contributed by atoms with E-state index in [0.29, 0.717) is 5.57 Å². The number of hydrogen-bond donors (Lipinski definition) is 0. The average Bonchev–Trinajstić information content (AvgIpc) is 2.17. The van der Waals surface area contributed by atoms with Gasteiger partial charge in [0.15, 0.2) is 0 Å². The first-order chi connectivity index (χ1) is 6.45. The van der Waals surface area contributed by atoms with Gasteiger partial charge >= 0.3 is 13.6 Å². The van der Waals surface area contributed by atoms with Crippen molar-refractivity contribution in [2.24, 2.45) is 0 Å². The average molecular weight is 222 g/mol. The van der Waals surface area contributed by atoms with Gasteiger partial charge < -0.3 is 13.8 Å². The van der Waals surface area contributed by atoms with Crippen molar-refractivity contribution in [2.75, 3.05) is 27.0 Å². The second kappa shape index (κ2) is 5.96. The molecule has 5 nitrogen and oxygen atoms in total. The summed E-state index contributed by atoms with van der Waals surface area (Å²) >= 11 is 0. The SMILES string of the molecule is C=C(C)C(=O)OCCP(=O)(OC)OC. The van der Waals surface area contributed by atoms with Crippen molar-refractivity contribution >= 4 is 13.6 Å². The number of esters is 1. The molecule has 0 aliphatic rings. The van der Waals surface area contributed by atoms with Crippen molar-refractivity contribution in [3.05, 3.63) is 12.2 Å². The van der Waals surface area contributed by atoms with Crippen molar-refractivity contribution in [1.29, 1.82) is 0 Å².